The maximum Gasteiger partial charge on any atom is 0.326 e. The van der Waals surface area contributed by atoms with Gasteiger partial charge in [-0.3, -0.25) is 14.4 Å². The monoisotopic (exact) mass is 669 g/mol. The predicted octanol–water partition coefficient (Wildman–Crippen LogP) is 8.37. The summed E-state index contributed by atoms with van der Waals surface area (Å²) in [4.78, 5) is 46.4. The van der Waals surface area contributed by atoms with Gasteiger partial charge in [-0.25, -0.2) is 0 Å². The van der Waals surface area contributed by atoms with Crippen LogP contribution in [0.15, 0.2) is 71.3 Å². The van der Waals surface area contributed by atoms with Crippen LogP contribution in [0.5, 0.6) is 0 Å². The van der Waals surface area contributed by atoms with E-state index in [1.165, 1.54) is 32.1 Å². The fourth-order valence-electron chi connectivity index (χ4n) is 7.35. The van der Waals surface area contributed by atoms with E-state index >= 15 is 0 Å². The molecule has 1 saturated heterocycles. The first-order valence-electron chi connectivity index (χ1n) is 18.3. The lowest BCUT2D eigenvalue weighted by Gasteiger charge is -2.38. The second-order valence-electron chi connectivity index (χ2n) is 14.9. The van der Waals surface area contributed by atoms with Crippen molar-refractivity contribution in [3.05, 3.63) is 83.8 Å². The van der Waals surface area contributed by atoms with E-state index in [1.807, 2.05) is 75.1 Å². The van der Waals surface area contributed by atoms with Gasteiger partial charge in [0.2, 0.25) is 5.91 Å². The van der Waals surface area contributed by atoms with Crippen LogP contribution >= 0.6 is 0 Å². The van der Waals surface area contributed by atoms with E-state index in [9.17, 15) is 14.4 Å². The second-order valence-corrected chi connectivity index (χ2v) is 14.9. The normalized spacial score (nSPS) is 16.3. The van der Waals surface area contributed by atoms with Gasteiger partial charge in [0, 0.05) is 36.9 Å². The third kappa shape index (κ3) is 10.5. The number of piperidine rings is 1. The Morgan fingerprint density at radius 2 is 1.61 bits per heavy atom. The Labute approximate surface area is 292 Å². The molecule has 3 aromatic rings. The van der Waals surface area contributed by atoms with Crippen LogP contribution in [0, 0.1) is 12.8 Å². The number of carbonyl (C=O) groups excluding carboxylic acids is 3. The lowest BCUT2D eigenvalue weighted by Crippen LogP contribution is -2.47. The van der Waals surface area contributed by atoms with Crippen molar-refractivity contribution in [1.29, 1.82) is 0 Å². The molecule has 1 aliphatic carbocycles. The van der Waals surface area contributed by atoms with Gasteiger partial charge in [0.25, 0.3) is 5.91 Å². The third-order valence-electron chi connectivity index (χ3n) is 9.89. The highest BCUT2D eigenvalue weighted by molar-refractivity contribution is 6.04. The molecule has 0 atom stereocenters. The number of aryl methyl sites for hydroxylation is 2. The summed E-state index contributed by atoms with van der Waals surface area (Å²) in [5, 5.41) is 0. The maximum absolute atomic E-state index is 13.8. The number of furan rings is 1. The zero-order valence-corrected chi connectivity index (χ0v) is 30.0. The molecule has 2 aliphatic rings. The summed E-state index contributed by atoms with van der Waals surface area (Å²) in [5.74, 6) is 0.449. The summed E-state index contributed by atoms with van der Waals surface area (Å²) in [5.41, 5.74) is 3.31. The summed E-state index contributed by atoms with van der Waals surface area (Å²) in [6, 6.07) is 19.7. The molecule has 1 aliphatic heterocycles. The number of esters is 1. The number of benzene rings is 2. The molecule has 0 radical (unpaired) electrons. The first-order valence-corrected chi connectivity index (χ1v) is 18.3. The average Bonchev–Trinajstić information content (AvgIpc) is 3.63. The summed E-state index contributed by atoms with van der Waals surface area (Å²) >= 11 is 0. The van der Waals surface area contributed by atoms with Crippen LogP contribution in [-0.2, 0) is 20.7 Å². The Morgan fingerprint density at radius 3 is 2.29 bits per heavy atom. The van der Waals surface area contributed by atoms with Crippen molar-refractivity contribution in [3.8, 4) is 0 Å². The van der Waals surface area contributed by atoms with Gasteiger partial charge in [-0.05, 0) is 108 Å². The highest BCUT2D eigenvalue weighted by Gasteiger charge is 2.31. The SMILES string of the molecule is Cc1ccc(N(C(=O)c2ccco2)C2CCN(CCCc3ccccc3N(CC(=O)OC(C)(C)C)C(=O)CCC3CCCCC3)CC2)cc1. The number of likely N-dealkylation sites (tertiary alicyclic amines) is 1. The van der Waals surface area contributed by atoms with Crippen molar-refractivity contribution < 1.29 is 23.5 Å². The fourth-order valence-corrected chi connectivity index (χ4v) is 7.35. The van der Waals surface area contributed by atoms with E-state index in [0.717, 1.165) is 74.2 Å². The van der Waals surface area contributed by atoms with Crippen LogP contribution in [0.2, 0.25) is 0 Å². The van der Waals surface area contributed by atoms with Crippen molar-refractivity contribution in [2.24, 2.45) is 5.92 Å². The van der Waals surface area contributed by atoms with Gasteiger partial charge in [-0.1, -0.05) is 68.0 Å². The summed E-state index contributed by atoms with van der Waals surface area (Å²) in [7, 11) is 0. The molecule has 0 spiro atoms. The van der Waals surface area contributed by atoms with Gasteiger partial charge in [-0.15, -0.1) is 0 Å². The van der Waals surface area contributed by atoms with E-state index in [4.69, 9.17) is 9.15 Å². The Bertz CT molecular complexity index is 1500. The molecular weight excluding hydrogens is 614 g/mol. The lowest BCUT2D eigenvalue weighted by atomic mass is 9.86. The number of carbonyl (C=O) groups is 3. The number of nitrogens with zero attached hydrogens (tertiary/aromatic N) is 3. The van der Waals surface area contributed by atoms with Crippen LogP contribution in [0.4, 0.5) is 11.4 Å². The number of amides is 2. The van der Waals surface area contributed by atoms with Crippen molar-refractivity contribution in [1.82, 2.24) is 4.90 Å². The molecule has 8 nitrogen and oxygen atoms in total. The first kappa shape index (κ1) is 36.4. The maximum atomic E-state index is 13.8. The van der Waals surface area contributed by atoms with Crippen LogP contribution in [0.3, 0.4) is 0 Å². The Balaban J connectivity index is 1.20. The lowest BCUT2D eigenvalue weighted by molar-refractivity contribution is -0.153. The van der Waals surface area contributed by atoms with Crippen molar-refractivity contribution in [2.75, 3.05) is 36.0 Å². The standard InChI is InChI=1S/C41H55N3O5/c1-31-18-21-34(22-19-31)44(40(47)37-17-11-29-48-37)35-24-27-42(28-25-35)26-10-15-33-14-8-9-16-36(33)43(30-39(46)49-41(2,3)4)38(45)23-20-32-12-6-5-7-13-32/h8-9,11,14,16-19,21-22,29,32,35H,5-7,10,12-13,15,20,23-28,30H2,1-4H3. The molecule has 2 fully saturated rings. The number of hydrogen-bond donors (Lipinski definition) is 0. The molecule has 1 saturated carbocycles. The number of ether oxygens (including phenoxy) is 1. The molecule has 2 heterocycles. The third-order valence-corrected chi connectivity index (χ3v) is 9.89. The van der Waals surface area contributed by atoms with Gasteiger partial charge in [0.05, 0.1) is 6.26 Å². The molecule has 2 aromatic carbocycles. The van der Waals surface area contributed by atoms with Gasteiger partial charge in [0.15, 0.2) is 5.76 Å². The zero-order valence-electron chi connectivity index (χ0n) is 30.0. The number of para-hydroxylation sites is 1. The minimum absolute atomic E-state index is 0.00631. The minimum Gasteiger partial charge on any atom is -0.459 e. The van der Waals surface area contributed by atoms with Gasteiger partial charge in [0.1, 0.15) is 12.1 Å². The topological polar surface area (TPSA) is 83.3 Å². The van der Waals surface area contributed by atoms with E-state index in [-0.39, 0.29) is 30.4 Å². The highest BCUT2D eigenvalue weighted by Crippen LogP contribution is 2.30. The van der Waals surface area contributed by atoms with Gasteiger partial charge >= 0.3 is 5.97 Å². The Morgan fingerprint density at radius 1 is 0.898 bits per heavy atom. The summed E-state index contributed by atoms with van der Waals surface area (Å²) in [6.45, 7) is 10.2. The molecule has 5 rings (SSSR count). The Hall–Kier alpha value is -3.91. The summed E-state index contributed by atoms with van der Waals surface area (Å²) in [6.07, 6.45) is 12.5. The molecule has 0 unspecified atom stereocenters. The van der Waals surface area contributed by atoms with Crippen LogP contribution in [0.25, 0.3) is 0 Å². The minimum atomic E-state index is -0.621. The number of rotatable bonds is 13. The van der Waals surface area contributed by atoms with E-state index < -0.39 is 5.60 Å². The molecule has 0 N–H and O–H groups in total. The van der Waals surface area contributed by atoms with Crippen molar-refractivity contribution in [2.45, 2.75) is 110 Å². The number of hydrogen-bond acceptors (Lipinski definition) is 6. The molecule has 264 valence electrons. The fraction of sp³-hybridized carbons (Fsp3) is 0.537. The van der Waals surface area contributed by atoms with Crippen LogP contribution in [0.1, 0.15) is 107 Å². The smallest absolute Gasteiger partial charge is 0.326 e. The van der Waals surface area contributed by atoms with Gasteiger partial charge < -0.3 is 23.9 Å². The summed E-state index contributed by atoms with van der Waals surface area (Å²) < 4.78 is 11.2. The quantitative estimate of drug-likeness (QED) is 0.170. The number of anilines is 2. The molecule has 49 heavy (non-hydrogen) atoms. The molecule has 1 aromatic heterocycles. The molecule has 8 heteroatoms. The van der Waals surface area contributed by atoms with E-state index in [1.54, 1.807) is 23.3 Å². The molecule has 0 bridgehead atoms. The largest absolute Gasteiger partial charge is 0.459 e. The average molecular weight is 670 g/mol. The van der Waals surface area contributed by atoms with E-state index in [0.29, 0.717) is 18.1 Å². The zero-order chi connectivity index (χ0) is 34.8. The van der Waals surface area contributed by atoms with E-state index in [2.05, 4.69) is 11.0 Å². The second kappa shape index (κ2) is 17.1. The van der Waals surface area contributed by atoms with Crippen LogP contribution in [-0.4, -0.2) is 60.5 Å². The first-order chi connectivity index (χ1) is 23.6. The predicted molar refractivity (Wildman–Crippen MR) is 195 cm³/mol. The highest BCUT2D eigenvalue weighted by atomic mass is 16.6. The van der Waals surface area contributed by atoms with Crippen molar-refractivity contribution in [3.63, 3.8) is 0 Å². The molecule has 2 amide bonds. The van der Waals surface area contributed by atoms with Crippen LogP contribution < -0.4 is 9.80 Å². The Kier molecular flexibility index (Phi) is 12.7. The van der Waals surface area contributed by atoms with Gasteiger partial charge in [-0.2, -0.15) is 0 Å². The molecular formula is C41H55N3O5. The van der Waals surface area contributed by atoms with Crippen molar-refractivity contribution >= 4 is 29.2 Å².